The number of methoxy groups -OCH3 is 1. The van der Waals surface area contributed by atoms with Crippen molar-refractivity contribution in [2.45, 2.75) is 18.9 Å². The summed E-state index contributed by atoms with van der Waals surface area (Å²) in [5.74, 6) is -0.474. The zero-order valence-electron chi connectivity index (χ0n) is 17.0. The molecule has 1 aliphatic rings. The third-order valence-electron chi connectivity index (χ3n) is 5.21. The highest BCUT2D eigenvalue weighted by atomic mass is 35.5. The quantitative estimate of drug-likeness (QED) is 0.567. The number of thiazole rings is 1. The number of anilines is 1. The lowest BCUT2D eigenvalue weighted by atomic mass is 10.0. The van der Waals surface area contributed by atoms with Crippen LogP contribution in [0.1, 0.15) is 32.9 Å². The minimum atomic E-state index is -0.356. The fourth-order valence-electron chi connectivity index (χ4n) is 3.64. The molecule has 4 rings (SSSR count). The fourth-order valence-corrected chi connectivity index (χ4v) is 4.59. The van der Waals surface area contributed by atoms with Crippen molar-refractivity contribution < 1.29 is 14.3 Å². The van der Waals surface area contributed by atoms with E-state index >= 15 is 0 Å². The fraction of sp³-hybridized carbons (Fsp3) is 0.261. The summed E-state index contributed by atoms with van der Waals surface area (Å²) >= 11 is 7.30. The highest BCUT2D eigenvalue weighted by Gasteiger charge is 2.23. The predicted octanol–water partition coefficient (Wildman–Crippen LogP) is 4.65. The Kier molecular flexibility index (Phi) is 6.53. The third-order valence-corrected chi connectivity index (χ3v) is 6.51. The topological polar surface area (TPSA) is 71.5 Å². The molecule has 1 atom stereocenters. The highest BCUT2D eigenvalue weighted by molar-refractivity contribution is 7.16. The molecule has 1 N–H and O–H groups in total. The lowest BCUT2D eigenvalue weighted by Gasteiger charge is -2.34. The van der Waals surface area contributed by atoms with E-state index in [0.717, 1.165) is 35.6 Å². The van der Waals surface area contributed by atoms with E-state index in [1.807, 2.05) is 42.5 Å². The van der Waals surface area contributed by atoms with Crippen LogP contribution in [0.3, 0.4) is 0 Å². The van der Waals surface area contributed by atoms with E-state index < -0.39 is 0 Å². The Hall–Kier alpha value is -2.90. The summed E-state index contributed by atoms with van der Waals surface area (Å²) in [7, 11) is 1.37. The van der Waals surface area contributed by atoms with Crippen molar-refractivity contribution in [1.29, 1.82) is 0 Å². The van der Waals surface area contributed by atoms with Crippen molar-refractivity contribution >= 4 is 40.5 Å². The first kappa shape index (κ1) is 21.3. The molecule has 8 heteroatoms. The molecule has 2 heterocycles. The van der Waals surface area contributed by atoms with Crippen LogP contribution < -0.4 is 10.2 Å². The summed E-state index contributed by atoms with van der Waals surface area (Å²) in [6.45, 7) is 1.55. The minimum Gasteiger partial charge on any atom is -0.465 e. The van der Waals surface area contributed by atoms with Crippen LogP contribution in [-0.2, 0) is 4.74 Å². The van der Waals surface area contributed by atoms with Crippen molar-refractivity contribution in [3.05, 3.63) is 70.2 Å². The number of carbonyl (C=O) groups excluding carboxylic acids is 2. The van der Waals surface area contributed by atoms with Gasteiger partial charge in [0.2, 0.25) is 0 Å². The molecule has 1 fully saturated rings. The number of carbonyl (C=O) groups is 2. The van der Waals surface area contributed by atoms with Gasteiger partial charge in [0.05, 0.1) is 18.9 Å². The monoisotopic (exact) mass is 455 g/mol. The van der Waals surface area contributed by atoms with E-state index in [1.54, 1.807) is 12.3 Å². The molecule has 0 unspecified atom stereocenters. The van der Waals surface area contributed by atoms with Gasteiger partial charge < -0.3 is 15.0 Å². The first-order valence-corrected chi connectivity index (χ1v) is 11.2. The van der Waals surface area contributed by atoms with Gasteiger partial charge in [-0.25, -0.2) is 9.78 Å². The molecule has 0 saturated carbocycles. The summed E-state index contributed by atoms with van der Waals surface area (Å²) in [6.07, 6.45) is 3.47. The molecule has 6 nitrogen and oxygen atoms in total. The van der Waals surface area contributed by atoms with Crippen LogP contribution in [0, 0.1) is 0 Å². The van der Waals surface area contributed by atoms with E-state index in [9.17, 15) is 9.59 Å². The average Bonchev–Trinajstić information content (AvgIpc) is 3.30. The number of benzene rings is 2. The number of nitrogens with zero attached hydrogens (tertiary/aromatic N) is 2. The van der Waals surface area contributed by atoms with Crippen LogP contribution in [-0.4, -0.2) is 43.1 Å². The van der Waals surface area contributed by atoms with Crippen molar-refractivity contribution in [2.24, 2.45) is 0 Å². The number of halogens is 1. The smallest absolute Gasteiger partial charge is 0.337 e. The van der Waals surface area contributed by atoms with Crippen LogP contribution in [0.2, 0.25) is 5.02 Å². The number of piperidine rings is 1. The summed E-state index contributed by atoms with van der Waals surface area (Å²) in [4.78, 5) is 31.8. The standard InChI is InChI=1S/C23H22ClN3O3S/c1-30-23(29)16-4-2-6-19(12-16)27-11-3-5-18(14-27)26-21(28)20-13-25-22(31-20)15-7-9-17(24)10-8-15/h2,4,6-10,12-13,18H,3,5,11,14H2,1H3,(H,26,28)/t18-/m0/s1. The van der Waals surface area contributed by atoms with Gasteiger partial charge >= 0.3 is 5.97 Å². The lowest BCUT2D eigenvalue weighted by Crippen LogP contribution is -2.47. The maximum absolute atomic E-state index is 12.8. The molecule has 0 aliphatic carbocycles. The summed E-state index contributed by atoms with van der Waals surface area (Å²) in [6, 6.07) is 14.8. The normalized spacial score (nSPS) is 16.1. The first-order chi connectivity index (χ1) is 15.0. The predicted molar refractivity (Wildman–Crippen MR) is 123 cm³/mol. The number of ether oxygens (including phenoxy) is 1. The van der Waals surface area contributed by atoms with Crippen molar-refractivity contribution in [2.75, 3.05) is 25.1 Å². The second-order valence-electron chi connectivity index (χ2n) is 7.34. The van der Waals surface area contributed by atoms with Gasteiger partial charge in [-0.1, -0.05) is 29.8 Å². The summed E-state index contributed by atoms with van der Waals surface area (Å²) in [5.41, 5.74) is 2.40. The molecule has 31 heavy (non-hydrogen) atoms. The Morgan fingerprint density at radius 1 is 1.23 bits per heavy atom. The number of hydrogen-bond donors (Lipinski definition) is 1. The SMILES string of the molecule is COC(=O)c1cccc(N2CCC[C@H](NC(=O)c3cnc(-c4ccc(Cl)cc4)s3)C2)c1. The Bertz CT molecular complexity index is 1080. The number of aromatic nitrogens is 1. The van der Waals surface area contributed by atoms with Crippen LogP contribution >= 0.6 is 22.9 Å². The average molecular weight is 456 g/mol. The minimum absolute atomic E-state index is 0.0177. The van der Waals surface area contributed by atoms with Crippen molar-refractivity contribution in [1.82, 2.24) is 10.3 Å². The molecule has 1 aromatic heterocycles. The van der Waals surface area contributed by atoms with E-state index in [0.29, 0.717) is 22.0 Å². The Morgan fingerprint density at radius 3 is 2.81 bits per heavy atom. The molecular formula is C23H22ClN3O3S. The summed E-state index contributed by atoms with van der Waals surface area (Å²) in [5, 5.41) is 4.58. The lowest BCUT2D eigenvalue weighted by molar-refractivity contribution is 0.0600. The van der Waals surface area contributed by atoms with Crippen LogP contribution in [0.5, 0.6) is 0 Å². The highest BCUT2D eigenvalue weighted by Crippen LogP contribution is 2.27. The van der Waals surface area contributed by atoms with Crippen molar-refractivity contribution in [3.63, 3.8) is 0 Å². The third kappa shape index (κ3) is 5.06. The number of hydrogen-bond acceptors (Lipinski definition) is 6. The van der Waals surface area contributed by atoms with E-state index in [4.69, 9.17) is 16.3 Å². The Morgan fingerprint density at radius 2 is 2.03 bits per heavy atom. The first-order valence-electron chi connectivity index (χ1n) is 9.99. The molecule has 0 radical (unpaired) electrons. The maximum Gasteiger partial charge on any atom is 0.337 e. The van der Waals surface area contributed by atoms with Gasteiger partial charge in [0.1, 0.15) is 9.88 Å². The van der Waals surface area contributed by atoms with Gasteiger partial charge in [-0.05, 0) is 43.2 Å². The molecule has 2 aromatic carbocycles. The molecule has 160 valence electrons. The van der Waals surface area contributed by atoms with Gasteiger partial charge in [0.15, 0.2) is 0 Å². The molecule has 0 bridgehead atoms. The van der Waals surface area contributed by atoms with Gasteiger partial charge in [-0.2, -0.15) is 0 Å². The Balaban J connectivity index is 1.41. The molecule has 0 spiro atoms. The van der Waals surface area contributed by atoms with E-state index in [-0.39, 0.29) is 17.9 Å². The second kappa shape index (κ2) is 9.49. The zero-order chi connectivity index (χ0) is 21.8. The van der Waals surface area contributed by atoms with Gasteiger partial charge in [-0.15, -0.1) is 11.3 Å². The number of esters is 1. The second-order valence-corrected chi connectivity index (χ2v) is 8.80. The molecule has 3 aromatic rings. The Labute approximate surface area is 189 Å². The van der Waals surface area contributed by atoms with Crippen LogP contribution in [0.4, 0.5) is 5.69 Å². The number of rotatable bonds is 5. The maximum atomic E-state index is 12.8. The van der Waals surface area contributed by atoms with Gasteiger partial charge in [-0.3, -0.25) is 4.79 Å². The molecular weight excluding hydrogens is 434 g/mol. The summed E-state index contributed by atoms with van der Waals surface area (Å²) < 4.78 is 4.82. The van der Waals surface area contributed by atoms with E-state index in [2.05, 4.69) is 15.2 Å². The van der Waals surface area contributed by atoms with Crippen LogP contribution in [0.15, 0.2) is 54.7 Å². The molecule has 1 amide bonds. The zero-order valence-corrected chi connectivity index (χ0v) is 18.6. The van der Waals surface area contributed by atoms with E-state index in [1.165, 1.54) is 18.4 Å². The van der Waals surface area contributed by atoms with Crippen molar-refractivity contribution in [3.8, 4) is 10.6 Å². The number of amides is 1. The largest absolute Gasteiger partial charge is 0.465 e. The molecule has 1 aliphatic heterocycles. The van der Waals surface area contributed by atoms with Gasteiger partial charge in [0.25, 0.3) is 5.91 Å². The van der Waals surface area contributed by atoms with Crippen LogP contribution in [0.25, 0.3) is 10.6 Å². The molecule has 1 saturated heterocycles. The van der Waals surface area contributed by atoms with Gasteiger partial charge in [0, 0.05) is 35.4 Å². The number of nitrogens with one attached hydrogen (secondary N) is 1.